The fourth-order valence-corrected chi connectivity index (χ4v) is 16.4. The van der Waals surface area contributed by atoms with Gasteiger partial charge in [-0.2, -0.15) is 0 Å². The molecule has 0 radical (unpaired) electrons. The maximum Gasteiger partial charge on any atom is 0.256 e. The Bertz CT molecular complexity index is 6010. The molecule has 0 unspecified atom stereocenters. The van der Waals surface area contributed by atoms with Gasteiger partial charge in [-0.25, -0.2) is 0 Å². The van der Waals surface area contributed by atoms with Crippen molar-refractivity contribution in [1.82, 2.24) is 9.13 Å². The first-order valence-corrected chi connectivity index (χ1v) is 33.5. The molecule has 4 nitrogen and oxygen atoms in total. The lowest BCUT2D eigenvalue weighted by atomic mass is 9.34. The molecule has 2 aromatic heterocycles. The third-order valence-corrected chi connectivity index (χ3v) is 20.6. The maximum absolute atomic E-state index is 7.73. The molecule has 0 saturated heterocycles. The summed E-state index contributed by atoms with van der Waals surface area (Å²) in [5.74, 6) is 1.65. The first-order chi connectivity index (χ1) is 48.2. The molecule has 0 amide bonds. The molecule has 97 heavy (non-hydrogen) atoms. The average molecular weight is 1230 g/mol. The molecule has 16 aromatic carbocycles. The predicted molar refractivity (Wildman–Crippen MR) is 409 cm³/mol. The Hall–Kier alpha value is -12.7. The second-order valence-corrected chi connectivity index (χ2v) is 25.7. The molecule has 0 N–H and O–H groups in total. The summed E-state index contributed by atoms with van der Waals surface area (Å²) in [5, 5.41) is 9.58. The van der Waals surface area contributed by atoms with Crippen molar-refractivity contribution < 1.29 is 4.74 Å². The number of hydrogen-bond acceptors (Lipinski definition) is 2. The smallest absolute Gasteiger partial charge is 0.256 e. The van der Waals surface area contributed by atoms with Crippen LogP contribution in [0.15, 0.2) is 352 Å². The van der Waals surface area contributed by atoms with Gasteiger partial charge in [-0.05, 0) is 142 Å². The number of fused-ring (bicyclic) bond motifs is 12. The third-order valence-electron chi connectivity index (χ3n) is 20.6. The summed E-state index contributed by atoms with van der Waals surface area (Å²) in [6.45, 7) is -0.235. The highest BCUT2D eigenvalue weighted by atomic mass is 16.5. The standard InChI is InChI=1S/C92H58BN3O/c1-5-26-59(27-6-1)63-48-51-67(60-28-7-2-8-29-60)78(54-63)90-76-40-15-13-38-74(76)89(75-39-14-16-41-77(75)90)64-49-52-79-85(55-64)96(92-68(61-30-9-3-10-31-61)42-25-43-69(92)62-32-11-4-12-33-62)86-56-66(95-83-46-23-19-36-72(83)73-37-20-24-47-84(73)95)58-88-91(86)93(79)80-53-50-65(57-87(80)97-88)94-81-44-21-17-34-70(81)71-35-18-22-45-82(71)94/h1-58H. The Kier molecular flexibility index (Phi) is 12.4. The average Bonchev–Trinajstić information content (AvgIpc) is 1.02. The number of anilines is 3. The highest BCUT2D eigenvalue weighted by Gasteiger charge is 2.44. The fraction of sp³-hybridized carbons (Fsp3) is 0. The molecule has 0 fully saturated rings. The largest absolute Gasteiger partial charge is 0.458 e. The monoisotopic (exact) mass is 1230 g/mol. The van der Waals surface area contributed by atoms with E-state index in [9.17, 15) is 0 Å². The van der Waals surface area contributed by atoms with E-state index in [1.54, 1.807) is 0 Å². The summed E-state index contributed by atoms with van der Waals surface area (Å²) >= 11 is 0. The van der Waals surface area contributed by atoms with Crippen molar-refractivity contribution in [2.24, 2.45) is 0 Å². The lowest BCUT2D eigenvalue weighted by Gasteiger charge is -2.42. The van der Waals surface area contributed by atoms with E-state index in [2.05, 4.69) is 366 Å². The van der Waals surface area contributed by atoms with Crippen molar-refractivity contribution >= 4 is 105 Å². The van der Waals surface area contributed by atoms with Gasteiger partial charge in [-0.3, -0.25) is 0 Å². The Morgan fingerprint density at radius 1 is 0.237 bits per heavy atom. The van der Waals surface area contributed by atoms with Crippen molar-refractivity contribution in [2.75, 3.05) is 4.90 Å². The van der Waals surface area contributed by atoms with Gasteiger partial charge in [0.2, 0.25) is 0 Å². The molecule has 0 bridgehead atoms. The Morgan fingerprint density at radius 3 is 1.19 bits per heavy atom. The van der Waals surface area contributed by atoms with Crippen LogP contribution in [0.25, 0.3) is 143 Å². The van der Waals surface area contributed by atoms with Crippen LogP contribution in [0.5, 0.6) is 11.5 Å². The Labute approximate surface area is 562 Å². The number of rotatable bonds is 9. The quantitative estimate of drug-likeness (QED) is 0.106. The van der Waals surface area contributed by atoms with E-state index in [1.165, 1.54) is 87.5 Å². The van der Waals surface area contributed by atoms with Gasteiger partial charge in [-0.1, -0.05) is 291 Å². The van der Waals surface area contributed by atoms with Gasteiger partial charge in [0.15, 0.2) is 0 Å². The van der Waals surface area contributed by atoms with E-state index >= 15 is 0 Å². The van der Waals surface area contributed by atoms with Crippen molar-refractivity contribution in [3.05, 3.63) is 352 Å². The Balaban J connectivity index is 0.899. The molecule has 0 saturated carbocycles. The highest BCUT2D eigenvalue weighted by molar-refractivity contribution is 6.99. The van der Waals surface area contributed by atoms with E-state index in [-0.39, 0.29) is 6.71 Å². The van der Waals surface area contributed by atoms with Crippen LogP contribution in [-0.4, -0.2) is 15.8 Å². The number of hydrogen-bond donors (Lipinski definition) is 0. The summed E-state index contributed by atoms with van der Waals surface area (Å²) in [4.78, 5) is 2.62. The zero-order chi connectivity index (χ0) is 63.7. The maximum atomic E-state index is 7.73. The van der Waals surface area contributed by atoms with Gasteiger partial charge in [0, 0.05) is 61.9 Å². The first-order valence-electron chi connectivity index (χ1n) is 33.5. The van der Waals surface area contributed by atoms with Gasteiger partial charge in [-0.15, -0.1) is 0 Å². The molecule has 450 valence electrons. The number of nitrogens with zero attached hydrogens (tertiary/aromatic N) is 3. The van der Waals surface area contributed by atoms with Crippen molar-refractivity contribution in [1.29, 1.82) is 0 Å². The minimum atomic E-state index is -0.235. The molecule has 0 aliphatic carbocycles. The summed E-state index contributed by atoms with van der Waals surface area (Å²) < 4.78 is 12.6. The molecule has 0 spiro atoms. The van der Waals surface area contributed by atoms with Crippen LogP contribution in [0.2, 0.25) is 0 Å². The highest BCUT2D eigenvalue weighted by Crippen LogP contribution is 2.53. The summed E-state index contributed by atoms with van der Waals surface area (Å²) in [6, 6.07) is 130. The number of para-hydroxylation sites is 5. The van der Waals surface area contributed by atoms with Gasteiger partial charge >= 0.3 is 0 Å². The summed E-state index contributed by atoms with van der Waals surface area (Å²) in [5.41, 5.74) is 27.2. The molecule has 18 aromatic rings. The van der Waals surface area contributed by atoms with Crippen molar-refractivity contribution in [3.8, 4) is 89.6 Å². The number of ether oxygens (including phenoxy) is 1. The molecule has 0 atom stereocenters. The molecule has 5 heteroatoms. The van der Waals surface area contributed by atoms with Crippen LogP contribution < -0.4 is 26.0 Å². The SMILES string of the molecule is c1ccc(-c2ccc(-c3ccccc3)c(-c3c4ccccc4c(-c4ccc5c(c4)N(c4c(-c6ccccc6)cccc4-c4ccccc4)c4cc(-n6c7ccccc7c7ccccc76)cc6c4B5c4ccc(-n5c7ccccc7c7ccccc75)cc4O6)c4ccccc34)c2)cc1. The lowest BCUT2D eigenvalue weighted by molar-refractivity contribution is 0.487. The second-order valence-electron chi connectivity index (χ2n) is 25.7. The molecule has 4 heterocycles. The van der Waals surface area contributed by atoms with Gasteiger partial charge < -0.3 is 18.8 Å². The van der Waals surface area contributed by atoms with Crippen LogP contribution >= 0.6 is 0 Å². The molecule has 2 aliphatic heterocycles. The van der Waals surface area contributed by atoms with Crippen LogP contribution in [0.1, 0.15) is 0 Å². The summed E-state index contributed by atoms with van der Waals surface area (Å²) in [7, 11) is 0. The van der Waals surface area contributed by atoms with Crippen molar-refractivity contribution in [2.45, 2.75) is 0 Å². The van der Waals surface area contributed by atoms with Crippen molar-refractivity contribution in [3.63, 3.8) is 0 Å². The predicted octanol–water partition coefficient (Wildman–Crippen LogP) is 22.6. The topological polar surface area (TPSA) is 22.3 Å². The van der Waals surface area contributed by atoms with Crippen LogP contribution in [0.3, 0.4) is 0 Å². The number of benzene rings is 16. The summed E-state index contributed by atoms with van der Waals surface area (Å²) in [6.07, 6.45) is 0. The van der Waals surface area contributed by atoms with E-state index in [1.807, 2.05) is 0 Å². The molecular formula is C92H58BN3O. The van der Waals surface area contributed by atoms with Crippen LogP contribution in [-0.2, 0) is 0 Å². The van der Waals surface area contributed by atoms with E-state index in [0.29, 0.717) is 0 Å². The van der Waals surface area contributed by atoms with Crippen LogP contribution in [0.4, 0.5) is 17.1 Å². The Morgan fingerprint density at radius 2 is 0.660 bits per heavy atom. The van der Waals surface area contributed by atoms with Gasteiger partial charge in [0.1, 0.15) is 11.5 Å². The first kappa shape index (κ1) is 54.8. The van der Waals surface area contributed by atoms with E-state index in [4.69, 9.17) is 4.74 Å². The normalized spacial score (nSPS) is 12.4. The van der Waals surface area contributed by atoms with Gasteiger partial charge in [0.05, 0.1) is 33.4 Å². The minimum Gasteiger partial charge on any atom is -0.458 e. The molecule has 20 rings (SSSR count). The zero-order valence-electron chi connectivity index (χ0n) is 52.8. The van der Waals surface area contributed by atoms with E-state index in [0.717, 1.165) is 101 Å². The van der Waals surface area contributed by atoms with Crippen LogP contribution in [0, 0.1) is 0 Å². The van der Waals surface area contributed by atoms with Gasteiger partial charge in [0.25, 0.3) is 6.71 Å². The zero-order valence-corrected chi connectivity index (χ0v) is 52.8. The lowest BCUT2D eigenvalue weighted by Crippen LogP contribution is -2.59. The molecule has 2 aliphatic rings. The molecular weight excluding hydrogens is 1170 g/mol. The second kappa shape index (κ2) is 22.0. The van der Waals surface area contributed by atoms with E-state index < -0.39 is 0 Å². The third kappa shape index (κ3) is 8.52. The minimum absolute atomic E-state index is 0.235. The number of aromatic nitrogens is 2. The fourth-order valence-electron chi connectivity index (χ4n) is 16.4.